The number of carbonyl (C=O) groups is 2. The highest BCUT2D eigenvalue weighted by molar-refractivity contribution is 6.16. The van der Waals surface area contributed by atoms with Gasteiger partial charge in [-0.3, -0.25) is 9.59 Å². The highest BCUT2D eigenvalue weighted by Gasteiger charge is 2.40. The minimum absolute atomic E-state index is 0.00113. The van der Waals surface area contributed by atoms with E-state index in [-0.39, 0.29) is 61.6 Å². The molecule has 6 aromatic rings. The van der Waals surface area contributed by atoms with E-state index in [4.69, 9.17) is 5.73 Å². The molecule has 262 valence electrons. The molecule has 0 bridgehead atoms. The molecular formula is C42H36N2O8. The SMILES string of the molecule is Cc1cc2c(C(N)=O)c(O)c(O)cc2c(O)c1-c1c(C)cc2c(C(=O)N(C3Cc4ccccc4C3)C3Cc4ccccc4C3)c(O)c(O)cc2c1O. The second-order valence-corrected chi connectivity index (χ2v) is 14.0. The molecule has 0 atom stereocenters. The van der Waals surface area contributed by atoms with E-state index >= 15 is 4.79 Å². The van der Waals surface area contributed by atoms with Crippen molar-refractivity contribution >= 4 is 33.4 Å². The summed E-state index contributed by atoms with van der Waals surface area (Å²) in [5.41, 5.74) is 10.7. The Balaban J connectivity index is 1.31. The zero-order valence-corrected chi connectivity index (χ0v) is 28.4. The predicted octanol–water partition coefficient (Wildman–Crippen LogP) is 6.39. The maximum Gasteiger partial charge on any atom is 0.258 e. The number of rotatable bonds is 5. The topological polar surface area (TPSA) is 185 Å². The van der Waals surface area contributed by atoms with Crippen molar-refractivity contribution in [1.82, 2.24) is 4.90 Å². The summed E-state index contributed by atoms with van der Waals surface area (Å²) in [5, 5.41) is 67.3. The van der Waals surface area contributed by atoms with Crippen molar-refractivity contribution in [2.45, 2.75) is 51.6 Å². The number of aryl methyl sites for hydroxylation is 2. The molecular weight excluding hydrogens is 660 g/mol. The highest BCUT2D eigenvalue weighted by Crippen LogP contribution is 2.51. The number of amides is 2. The molecule has 8 N–H and O–H groups in total. The normalized spacial score (nSPS) is 14.2. The van der Waals surface area contributed by atoms with Crippen molar-refractivity contribution in [2.24, 2.45) is 5.73 Å². The van der Waals surface area contributed by atoms with E-state index in [1.165, 1.54) is 12.1 Å². The molecule has 6 aromatic carbocycles. The van der Waals surface area contributed by atoms with Crippen molar-refractivity contribution in [3.8, 4) is 45.6 Å². The third kappa shape index (κ3) is 4.85. The third-order valence-corrected chi connectivity index (χ3v) is 10.9. The molecule has 2 aliphatic rings. The average molecular weight is 697 g/mol. The molecule has 8 rings (SSSR count). The van der Waals surface area contributed by atoms with Gasteiger partial charge in [-0.1, -0.05) is 48.5 Å². The monoisotopic (exact) mass is 696 g/mol. The number of fused-ring (bicyclic) bond motifs is 4. The van der Waals surface area contributed by atoms with Gasteiger partial charge in [0.05, 0.1) is 11.1 Å². The number of phenolic OH excluding ortho intramolecular Hbond substituents is 5. The lowest BCUT2D eigenvalue weighted by Crippen LogP contribution is -2.48. The number of hydrogen-bond donors (Lipinski definition) is 7. The van der Waals surface area contributed by atoms with Crippen LogP contribution in [0.1, 0.15) is 54.1 Å². The number of benzene rings is 6. The zero-order valence-electron chi connectivity index (χ0n) is 28.4. The minimum atomic E-state index is -1.01. The van der Waals surface area contributed by atoms with Gasteiger partial charge >= 0.3 is 0 Å². The Kier molecular flexibility index (Phi) is 7.46. The van der Waals surface area contributed by atoms with Crippen LogP contribution in [0.2, 0.25) is 0 Å². The molecule has 0 radical (unpaired) electrons. The van der Waals surface area contributed by atoms with Crippen molar-refractivity contribution in [3.05, 3.63) is 117 Å². The van der Waals surface area contributed by atoms with Gasteiger partial charge in [0.25, 0.3) is 11.8 Å². The Morgan fingerprint density at radius 2 is 0.923 bits per heavy atom. The van der Waals surface area contributed by atoms with E-state index in [9.17, 15) is 35.4 Å². The Labute approximate surface area is 298 Å². The number of phenols is 6. The first-order valence-corrected chi connectivity index (χ1v) is 17.0. The largest absolute Gasteiger partial charge is 0.507 e. The maximum absolute atomic E-state index is 15.0. The number of primary amides is 1. The van der Waals surface area contributed by atoms with Gasteiger partial charge in [0.2, 0.25) is 0 Å². The van der Waals surface area contributed by atoms with Crippen LogP contribution in [-0.2, 0) is 25.7 Å². The molecule has 10 heteroatoms. The lowest BCUT2D eigenvalue weighted by atomic mass is 9.87. The summed E-state index contributed by atoms with van der Waals surface area (Å²) in [7, 11) is 0. The molecule has 10 nitrogen and oxygen atoms in total. The van der Waals surface area contributed by atoms with Crippen LogP contribution in [0.3, 0.4) is 0 Å². The second kappa shape index (κ2) is 11.8. The lowest BCUT2D eigenvalue weighted by Gasteiger charge is -2.35. The average Bonchev–Trinajstić information content (AvgIpc) is 3.72. The molecule has 52 heavy (non-hydrogen) atoms. The molecule has 2 aliphatic carbocycles. The van der Waals surface area contributed by atoms with Crippen molar-refractivity contribution < 1.29 is 40.2 Å². The predicted molar refractivity (Wildman–Crippen MR) is 196 cm³/mol. The van der Waals surface area contributed by atoms with Gasteiger partial charge in [-0.2, -0.15) is 0 Å². The molecule has 0 heterocycles. The fraction of sp³-hybridized carbons (Fsp3) is 0.190. The van der Waals surface area contributed by atoms with Crippen molar-refractivity contribution in [2.75, 3.05) is 0 Å². The summed E-state index contributed by atoms with van der Waals surface area (Å²) in [6.45, 7) is 3.31. The molecule has 0 spiro atoms. The first-order valence-electron chi connectivity index (χ1n) is 17.0. The van der Waals surface area contributed by atoms with Gasteiger partial charge in [-0.25, -0.2) is 0 Å². The summed E-state index contributed by atoms with van der Waals surface area (Å²) < 4.78 is 0. The Bertz CT molecular complexity index is 2440. The smallest absolute Gasteiger partial charge is 0.258 e. The Morgan fingerprint density at radius 3 is 1.31 bits per heavy atom. The van der Waals surface area contributed by atoms with Gasteiger partial charge in [-0.05, 0) is 97.2 Å². The van der Waals surface area contributed by atoms with E-state index in [1.807, 2.05) is 29.2 Å². The fourth-order valence-electron chi connectivity index (χ4n) is 8.58. The van der Waals surface area contributed by atoms with Gasteiger partial charge in [0, 0.05) is 44.8 Å². The zero-order chi connectivity index (χ0) is 36.7. The summed E-state index contributed by atoms with van der Waals surface area (Å²) in [6, 6.07) is 21.2. The fourth-order valence-corrected chi connectivity index (χ4v) is 8.58. The van der Waals surface area contributed by atoms with Crippen LogP contribution in [0.15, 0.2) is 72.8 Å². The van der Waals surface area contributed by atoms with E-state index in [1.54, 1.807) is 19.9 Å². The molecule has 0 saturated carbocycles. The van der Waals surface area contributed by atoms with Crippen molar-refractivity contribution in [3.63, 3.8) is 0 Å². The van der Waals surface area contributed by atoms with Crippen LogP contribution >= 0.6 is 0 Å². The van der Waals surface area contributed by atoms with E-state index in [0.29, 0.717) is 36.8 Å². The van der Waals surface area contributed by atoms with E-state index < -0.39 is 40.6 Å². The maximum atomic E-state index is 15.0. The summed E-state index contributed by atoms with van der Waals surface area (Å²) in [5.74, 6) is -4.86. The Morgan fingerprint density at radius 1 is 0.558 bits per heavy atom. The van der Waals surface area contributed by atoms with Crippen molar-refractivity contribution in [1.29, 1.82) is 0 Å². The molecule has 0 aliphatic heterocycles. The van der Waals surface area contributed by atoms with Crippen LogP contribution < -0.4 is 5.73 Å². The van der Waals surface area contributed by atoms with Gasteiger partial charge in [0.15, 0.2) is 23.0 Å². The Hall–Kier alpha value is -6.42. The minimum Gasteiger partial charge on any atom is -0.507 e. The molecule has 0 saturated heterocycles. The van der Waals surface area contributed by atoms with Crippen LogP contribution in [0.5, 0.6) is 34.5 Å². The number of hydrogen-bond acceptors (Lipinski definition) is 8. The molecule has 0 aromatic heterocycles. The van der Waals surface area contributed by atoms with Crippen LogP contribution in [-0.4, -0.2) is 59.4 Å². The second-order valence-electron chi connectivity index (χ2n) is 14.0. The summed E-state index contributed by atoms with van der Waals surface area (Å²) in [6.07, 6.45) is 2.52. The van der Waals surface area contributed by atoms with E-state index in [0.717, 1.165) is 28.3 Å². The first kappa shape index (κ1) is 32.8. The number of nitrogens with two attached hydrogens (primary N) is 1. The van der Waals surface area contributed by atoms with Gasteiger partial charge < -0.3 is 41.3 Å². The van der Waals surface area contributed by atoms with E-state index in [2.05, 4.69) is 24.3 Å². The van der Waals surface area contributed by atoms with Crippen LogP contribution in [0.4, 0.5) is 0 Å². The number of nitrogens with zero attached hydrogens (tertiary/aromatic N) is 1. The van der Waals surface area contributed by atoms with Gasteiger partial charge in [-0.15, -0.1) is 0 Å². The lowest BCUT2D eigenvalue weighted by molar-refractivity contribution is 0.0587. The van der Waals surface area contributed by atoms with Gasteiger partial charge in [0.1, 0.15) is 11.5 Å². The van der Waals surface area contributed by atoms with Crippen LogP contribution in [0.25, 0.3) is 32.7 Å². The molecule has 0 unspecified atom stereocenters. The molecule has 2 amide bonds. The quantitative estimate of drug-likeness (QED) is 0.101. The van der Waals surface area contributed by atoms with Crippen LogP contribution in [0, 0.1) is 13.8 Å². The standard InChI is InChI=1S/C42H36N2O8/c1-19-11-27-29(17-31(45)39(49)35(27)41(43)51)37(47)33(19)34-20(2)12-28-30(38(34)48)18-32(46)40(50)36(28)42(52)44(25-13-21-7-3-4-8-22(21)14-25)26-15-23-9-5-6-10-24(23)16-26/h3-12,17-18,25-26,45-50H,13-16H2,1-2H3,(H2,43,51). The summed E-state index contributed by atoms with van der Waals surface area (Å²) >= 11 is 0. The number of carbonyl (C=O) groups excluding carboxylic acids is 2. The number of aromatic hydroxyl groups is 6. The third-order valence-electron chi connectivity index (χ3n) is 10.9. The first-order chi connectivity index (χ1) is 24.8. The highest BCUT2D eigenvalue weighted by atomic mass is 16.3. The summed E-state index contributed by atoms with van der Waals surface area (Å²) in [4.78, 5) is 29.1. The molecule has 0 fully saturated rings.